The number of alkyl carbamates (subject to hydrolysis) is 1. The van der Waals surface area contributed by atoms with E-state index in [2.05, 4.69) is 25.6 Å². The van der Waals surface area contributed by atoms with Crippen molar-refractivity contribution in [3.05, 3.63) is 35.5 Å². The van der Waals surface area contributed by atoms with Gasteiger partial charge in [0.25, 0.3) is 0 Å². The van der Waals surface area contributed by atoms with Gasteiger partial charge in [-0.2, -0.15) is 0 Å². The second-order valence-corrected chi connectivity index (χ2v) is 8.68. The minimum Gasteiger partial charge on any atom is -0.458 e. The van der Waals surface area contributed by atoms with Crippen molar-refractivity contribution in [3.8, 4) is 22.3 Å². The molecule has 0 aromatic carbocycles. The van der Waals surface area contributed by atoms with E-state index in [1.165, 1.54) is 11.3 Å². The second-order valence-electron chi connectivity index (χ2n) is 7.79. The van der Waals surface area contributed by atoms with Gasteiger partial charge in [0.05, 0.1) is 13.2 Å². The number of likely N-dealkylation sites (tertiary alicyclic amines) is 1. The number of aliphatic hydroxyl groups is 1. The molecule has 1 aliphatic heterocycles. The lowest BCUT2D eigenvalue weighted by molar-refractivity contribution is -0.117. The molecule has 2 amide bonds. The highest BCUT2D eigenvalue weighted by molar-refractivity contribution is 7.13. The van der Waals surface area contributed by atoms with Gasteiger partial charge in [-0.05, 0) is 31.9 Å². The number of carbonyl (C=O) groups excluding carboxylic acids is 2. The van der Waals surface area contributed by atoms with Gasteiger partial charge in [-0.3, -0.25) is 9.69 Å². The Hall–Kier alpha value is -3.35. The van der Waals surface area contributed by atoms with E-state index in [9.17, 15) is 9.59 Å². The number of aromatic nitrogens is 3. The maximum atomic E-state index is 12.7. The summed E-state index contributed by atoms with van der Waals surface area (Å²) in [6.07, 6.45) is 2.21. The highest BCUT2D eigenvalue weighted by atomic mass is 32.1. The summed E-state index contributed by atoms with van der Waals surface area (Å²) in [7, 11) is 0. The van der Waals surface area contributed by atoms with Crippen molar-refractivity contribution in [2.75, 3.05) is 38.1 Å². The minimum atomic E-state index is -0.535. The Kier molecular flexibility index (Phi) is 7.83. The van der Waals surface area contributed by atoms with Crippen molar-refractivity contribution in [1.29, 1.82) is 0 Å². The lowest BCUT2D eigenvalue weighted by Crippen LogP contribution is -2.43. The molecule has 3 N–H and O–H groups in total. The average Bonchev–Trinajstić information content (AvgIpc) is 3.51. The Morgan fingerprint density at radius 3 is 2.79 bits per heavy atom. The molecule has 11 nitrogen and oxygen atoms in total. The van der Waals surface area contributed by atoms with Crippen LogP contribution in [0.1, 0.15) is 18.6 Å². The molecule has 34 heavy (non-hydrogen) atoms. The molecule has 3 aromatic heterocycles. The van der Waals surface area contributed by atoms with Crippen molar-refractivity contribution in [2.45, 2.75) is 25.9 Å². The Morgan fingerprint density at radius 2 is 2.12 bits per heavy atom. The number of ether oxygens (including phenoxy) is 1. The van der Waals surface area contributed by atoms with E-state index in [1.807, 2.05) is 23.3 Å². The average molecular weight is 487 g/mol. The van der Waals surface area contributed by atoms with E-state index in [1.54, 1.807) is 18.3 Å². The Bertz CT molecular complexity index is 1110. The van der Waals surface area contributed by atoms with E-state index in [0.717, 1.165) is 5.76 Å². The summed E-state index contributed by atoms with van der Waals surface area (Å²) in [6.45, 7) is 3.30. The summed E-state index contributed by atoms with van der Waals surface area (Å²) in [5, 5.41) is 16.7. The Balaban J connectivity index is 1.36. The number of hydrogen-bond donors (Lipinski definition) is 3. The van der Waals surface area contributed by atoms with Crippen LogP contribution in [-0.4, -0.2) is 75.8 Å². The maximum absolute atomic E-state index is 12.7. The standard InChI is InChI=1S/C22H26N6O5S/c1-14-2-3-17(32-14)20-25-16(21-23-7-11-34-21)12-18(27-20)26-19(30)13-28-8-4-15(5-9-28)33-22(31)24-6-10-29/h2-3,7,11-12,15,29H,4-6,8-10,13H2,1H3,(H,24,31)(H,25,26,27,30). The fraction of sp³-hybridized carbons (Fsp3) is 0.409. The number of carbonyl (C=O) groups is 2. The number of piperidine rings is 1. The summed E-state index contributed by atoms with van der Waals surface area (Å²) in [5.41, 5.74) is 0.599. The molecule has 1 fully saturated rings. The monoisotopic (exact) mass is 486 g/mol. The SMILES string of the molecule is Cc1ccc(-c2nc(NC(=O)CN3CCC(OC(=O)NCCO)CC3)cc(-c3nccs3)n2)o1. The van der Waals surface area contributed by atoms with E-state index in [-0.39, 0.29) is 31.7 Å². The third-order valence-electron chi connectivity index (χ3n) is 5.16. The first kappa shape index (κ1) is 23.8. The topological polar surface area (TPSA) is 143 Å². The van der Waals surface area contributed by atoms with Gasteiger partial charge >= 0.3 is 6.09 Å². The molecule has 0 aliphatic carbocycles. The zero-order valence-corrected chi connectivity index (χ0v) is 19.5. The van der Waals surface area contributed by atoms with Gasteiger partial charge in [-0.1, -0.05) is 0 Å². The maximum Gasteiger partial charge on any atom is 0.407 e. The van der Waals surface area contributed by atoms with Gasteiger partial charge in [0.15, 0.2) is 11.6 Å². The lowest BCUT2D eigenvalue weighted by Gasteiger charge is -2.31. The molecule has 180 valence electrons. The van der Waals surface area contributed by atoms with Gasteiger partial charge in [0, 0.05) is 37.3 Å². The van der Waals surface area contributed by atoms with Crippen molar-refractivity contribution in [3.63, 3.8) is 0 Å². The smallest absolute Gasteiger partial charge is 0.407 e. The quantitative estimate of drug-likeness (QED) is 0.437. The molecule has 3 aromatic rings. The van der Waals surface area contributed by atoms with E-state index in [4.69, 9.17) is 14.3 Å². The molecule has 0 bridgehead atoms. The molecule has 0 radical (unpaired) electrons. The van der Waals surface area contributed by atoms with Gasteiger partial charge < -0.3 is 24.9 Å². The van der Waals surface area contributed by atoms with Crippen molar-refractivity contribution in [2.24, 2.45) is 0 Å². The first-order valence-corrected chi connectivity index (χ1v) is 11.8. The molecule has 1 saturated heterocycles. The molecular weight excluding hydrogens is 460 g/mol. The molecule has 0 spiro atoms. The molecular formula is C22H26N6O5S. The number of nitrogens with zero attached hydrogens (tertiary/aromatic N) is 4. The number of rotatable bonds is 8. The number of aryl methyl sites for hydroxylation is 1. The van der Waals surface area contributed by atoms with Crippen LogP contribution in [0.25, 0.3) is 22.3 Å². The zero-order valence-electron chi connectivity index (χ0n) is 18.7. The molecule has 4 heterocycles. The fourth-order valence-corrected chi connectivity index (χ4v) is 4.16. The number of anilines is 1. The normalized spacial score (nSPS) is 14.6. The number of hydrogen-bond acceptors (Lipinski definition) is 10. The molecule has 1 aliphatic rings. The molecule has 0 unspecified atom stereocenters. The Labute approximate surface area is 200 Å². The van der Waals surface area contributed by atoms with Crippen LogP contribution in [-0.2, 0) is 9.53 Å². The van der Waals surface area contributed by atoms with Crippen molar-refractivity contribution >= 4 is 29.2 Å². The predicted octanol–water partition coefficient (Wildman–Crippen LogP) is 2.29. The summed E-state index contributed by atoms with van der Waals surface area (Å²) in [5.74, 6) is 1.78. The van der Waals surface area contributed by atoms with E-state index in [0.29, 0.717) is 54.0 Å². The van der Waals surface area contributed by atoms with Crippen LogP contribution < -0.4 is 10.6 Å². The first-order chi connectivity index (χ1) is 16.5. The van der Waals surface area contributed by atoms with E-state index >= 15 is 0 Å². The fourth-order valence-electron chi connectivity index (χ4n) is 3.56. The first-order valence-electron chi connectivity index (χ1n) is 10.9. The molecule has 4 rings (SSSR count). The van der Waals surface area contributed by atoms with Crippen LogP contribution in [0.4, 0.5) is 10.6 Å². The summed E-state index contributed by atoms with van der Waals surface area (Å²) < 4.78 is 11.0. The number of furan rings is 1. The van der Waals surface area contributed by atoms with Crippen LogP contribution in [0.15, 0.2) is 34.2 Å². The third kappa shape index (κ3) is 6.37. The van der Waals surface area contributed by atoms with Crippen molar-refractivity contribution in [1.82, 2.24) is 25.2 Å². The van der Waals surface area contributed by atoms with Gasteiger partial charge in [-0.15, -0.1) is 11.3 Å². The van der Waals surface area contributed by atoms with Crippen LogP contribution in [0.2, 0.25) is 0 Å². The van der Waals surface area contributed by atoms with Crippen LogP contribution in [0.3, 0.4) is 0 Å². The summed E-state index contributed by atoms with van der Waals surface area (Å²) >= 11 is 1.44. The number of nitrogens with one attached hydrogen (secondary N) is 2. The third-order valence-corrected chi connectivity index (χ3v) is 5.96. The van der Waals surface area contributed by atoms with Crippen molar-refractivity contribution < 1.29 is 23.8 Å². The van der Waals surface area contributed by atoms with Gasteiger partial charge in [0.1, 0.15) is 28.4 Å². The van der Waals surface area contributed by atoms with Crippen LogP contribution in [0.5, 0.6) is 0 Å². The molecule has 0 atom stereocenters. The summed E-state index contributed by atoms with van der Waals surface area (Å²) in [4.78, 5) is 39.7. The predicted molar refractivity (Wildman–Crippen MR) is 125 cm³/mol. The minimum absolute atomic E-state index is 0.136. The zero-order chi connectivity index (χ0) is 23.9. The number of thiazole rings is 1. The Morgan fingerprint density at radius 1 is 1.29 bits per heavy atom. The van der Waals surface area contributed by atoms with Gasteiger partial charge in [0.2, 0.25) is 5.91 Å². The van der Waals surface area contributed by atoms with E-state index < -0.39 is 6.09 Å². The van der Waals surface area contributed by atoms with Crippen LogP contribution in [0, 0.1) is 6.92 Å². The number of amides is 2. The largest absolute Gasteiger partial charge is 0.458 e. The number of aliphatic hydroxyl groups excluding tert-OH is 1. The molecule has 12 heteroatoms. The summed E-state index contributed by atoms with van der Waals surface area (Å²) in [6, 6.07) is 5.32. The van der Waals surface area contributed by atoms with Gasteiger partial charge in [-0.25, -0.2) is 19.7 Å². The molecule has 0 saturated carbocycles. The highest BCUT2D eigenvalue weighted by Gasteiger charge is 2.24. The lowest BCUT2D eigenvalue weighted by atomic mass is 10.1. The van der Waals surface area contributed by atoms with Crippen LogP contribution >= 0.6 is 11.3 Å². The highest BCUT2D eigenvalue weighted by Crippen LogP contribution is 2.26. The second kappa shape index (κ2) is 11.2.